The van der Waals surface area contributed by atoms with Gasteiger partial charge < -0.3 is 25.4 Å². The molecular weight excluding hydrogens is 459 g/mol. The quantitative estimate of drug-likeness (QED) is 0.430. The molecule has 12 heteroatoms. The van der Waals surface area contributed by atoms with Crippen LogP contribution in [0.15, 0.2) is 24.3 Å². The Balaban J connectivity index is 1.65. The zero-order valence-corrected chi connectivity index (χ0v) is 19.9. The minimum Gasteiger partial charge on any atom is -0.384 e. The van der Waals surface area contributed by atoms with Gasteiger partial charge in [0.1, 0.15) is 0 Å². The summed E-state index contributed by atoms with van der Waals surface area (Å²) in [5, 5.41) is 3.09. The van der Waals surface area contributed by atoms with E-state index in [4.69, 9.17) is 10.3 Å². The molecule has 0 bridgehead atoms. The van der Waals surface area contributed by atoms with Gasteiger partial charge in [0.25, 0.3) is 11.4 Å². The van der Waals surface area contributed by atoms with E-state index >= 15 is 0 Å². The largest absolute Gasteiger partial charge is 0.384 e. The first kappa shape index (κ1) is 24.9. The number of likely N-dealkylation sites (tertiary alicyclic amines) is 1. The van der Waals surface area contributed by atoms with Gasteiger partial charge in [-0.2, -0.15) is 0 Å². The first-order valence-electron chi connectivity index (χ1n) is 10.4. The highest BCUT2D eigenvalue weighted by molar-refractivity contribution is 7.92. The van der Waals surface area contributed by atoms with Crippen LogP contribution in [0.1, 0.15) is 13.8 Å². The molecule has 1 aromatic rings. The van der Waals surface area contributed by atoms with Crippen molar-refractivity contribution < 1.29 is 26.4 Å². The van der Waals surface area contributed by atoms with E-state index in [1.165, 1.54) is 4.90 Å². The normalized spacial score (nSPS) is 27.3. The number of anilines is 2. The second-order valence-corrected chi connectivity index (χ2v) is 12.3. The average Bonchev–Trinajstić information content (AvgIpc) is 3.11. The van der Waals surface area contributed by atoms with Crippen molar-refractivity contribution in [1.82, 2.24) is 4.90 Å². The van der Waals surface area contributed by atoms with Crippen molar-refractivity contribution in [3.8, 4) is 0 Å². The number of nitrogens with zero attached hydrogens (tertiary/aromatic N) is 2. The summed E-state index contributed by atoms with van der Waals surface area (Å²) in [6, 6.07) is 7.73. The molecular formula is C20H31FN4O5S2. The number of nitrogens with one attached hydrogen (secondary N) is 1. The van der Waals surface area contributed by atoms with Crippen LogP contribution in [0.2, 0.25) is 0 Å². The van der Waals surface area contributed by atoms with Crippen molar-refractivity contribution in [3.05, 3.63) is 24.3 Å². The van der Waals surface area contributed by atoms with Crippen LogP contribution in [0, 0.1) is 10.8 Å². The Bertz CT molecular complexity index is 957. The summed E-state index contributed by atoms with van der Waals surface area (Å²) in [6.45, 7) is 6.13. The van der Waals surface area contributed by atoms with Crippen LogP contribution < -0.4 is 16.0 Å². The molecule has 4 atom stereocenters. The number of sulfone groups is 1. The number of alkyl halides is 1. The molecule has 0 spiro atoms. The van der Waals surface area contributed by atoms with E-state index in [-0.39, 0.29) is 36.2 Å². The van der Waals surface area contributed by atoms with E-state index in [1.54, 1.807) is 0 Å². The van der Waals surface area contributed by atoms with Crippen molar-refractivity contribution in [3.63, 3.8) is 0 Å². The van der Waals surface area contributed by atoms with Gasteiger partial charge >= 0.3 is 0 Å². The van der Waals surface area contributed by atoms with E-state index in [2.05, 4.69) is 10.2 Å². The molecule has 0 aliphatic carbocycles. The molecule has 1 aromatic carbocycles. The van der Waals surface area contributed by atoms with E-state index in [0.29, 0.717) is 19.6 Å². The molecule has 9 nitrogen and oxygen atoms in total. The number of halogens is 1. The number of hydrogen-bond acceptors (Lipinski definition) is 7. The highest BCUT2D eigenvalue weighted by Gasteiger charge is 2.59. The number of amides is 1. The number of benzene rings is 1. The van der Waals surface area contributed by atoms with E-state index in [9.17, 15) is 21.8 Å². The molecule has 2 heterocycles. The molecule has 32 heavy (non-hydrogen) atoms. The third kappa shape index (κ3) is 4.92. The number of nitrogens with two attached hydrogens (primary N) is 1. The maximum absolute atomic E-state index is 14.5. The minimum atomic E-state index is -4.21. The molecule has 0 saturated carbocycles. The van der Waals surface area contributed by atoms with Gasteiger partial charge in [0, 0.05) is 61.5 Å². The predicted octanol–water partition coefficient (Wildman–Crippen LogP) is 0.664. The van der Waals surface area contributed by atoms with Gasteiger partial charge in [0.2, 0.25) is 0 Å². The molecule has 3 rings (SSSR count). The lowest BCUT2D eigenvalue weighted by Crippen LogP contribution is -2.43. The fourth-order valence-electron chi connectivity index (χ4n) is 4.64. The highest BCUT2D eigenvalue weighted by atomic mass is 32.2. The SMILES string of the molecule is C[C@@]12CN(C(=O)C(F)S(=O)(=O)CCN)C[C@]1(C)CN(c1ccc(NCCS(=O)O)cc1)C2. The van der Waals surface area contributed by atoms with Crippen molar-refractivity contribution in [2.45, 2.75) is 19.4 Å². The van der Waals surface area contributed by atoms with Gasteiger partial charge in [-0.15, -0.1) is 0 Å². The zero-order valence-electron chi connectivity index (χ0n) is 18.3. The monoisotopic (exact) mass is 490 g/mol. The van der Waals surface area contributed by atoms with E-state index < -0.39 is 38.1 Å². The maximum Gasteiger partial charge on any atom is 0.278 e. The molecule has 2 unspecified atom stereocenters. The zero-order chi connectivity index (χ0) is 23.7. The fourth-order valence-corrected chi connectivity index (χ4v) is 5.90. The fraction of sp³-hybridized carbons (Fsp3) is 0.650. The summed E-state index contributed by atoms with van der Waals surface area (Å²) in [5.41, 5.74) is 3.88. The molecule has 2 aliphatic rings. The molecule has 180 valence electrons. The van der Waals surface area contributed by atoms with Crippen LogP contribution in [0.4, 0.5) is 15.8 Å². The lowest BCUT2D eigenvalue weighted by molar-refractivity contribution is -0.133. The first-order chi connectivity index (χ1) is 14.9. The van der Waals surface area contributed by atoms with Gasteiger partial charge in [-0.1, -0.05) is 13.8 Å². The Morgan fingerprint density at radius 3 is 2.28 bits per heavy atom. The van der Waals surface area contributed by atoms with Crippen molar-refractivity contribution >= 4 is 38.2 Å². The first-order valence-corrected chi connectivity index (χ1v) is 13.4. The molecule has 2 fully saturated rings. The van der Waals surface area contributed by atoms with Crippen molar-refractivity contribution in [1.29, 1.82) is 0 Å². The molecule has 0 aromatic heterocycles. The molecule has 0 radical (unpaired) electrons. The van der Waals surface area contributed by atoms with Crippen LogP contribution in [0.5, 0.6) is 0 Å². The second-order valence-electron chi connectivity index (χ2n) is 9.14. The molecule has 2 aliphatic heterocycles. The van der Waals surface area contributed by atoms with E-state index in [0.717, 1.165) is 11.4 Å². The van der Waals surface area contributed by atoms with Crippen LogP contribution in [-0.2, 0) is 25.7 Å². The predicted molar refractivity (Wildman–Crippen MR) is 123 cm³/mol. The summed E-state index contributed by atoms with van der Waals surface area (Å²) in [7, 11) is -4.21. The van der Waals surface area contributed by atoms with Gasteiger partial charge in [0.05, 0.1) is 11.5 Å². The maximum atomic E-state index is 14.5. The van der Waals surface area contributed by atoms with E-state index in [1.807, 2.05) is 38.1 Å². The Morgan fingerprint density at radius 2 is 1.78 bits per heavy atom. The summed E-state index contributed by atoms with van der Waals surface area (Å²) in [6.07, 6.45) is 0. The number of carbonyl (C=O) groups excluding carboxylic acids is 1. The van der Waals surface area contributed by atoms with Crippen molar-refractivity contribution in [2.24, 2.45) is 16.6 Å². The van der Waals surface area contributed by atoms with Gasteiger partial charge in [-0.05, 0) is 24.3 Å². The number of fused-ring (bicyclic) bond motifs is 1. The van der Waals surface area contributed by atoms with Gasteiger partial charge in [-0.25, -0.2) is 17.0 Å². The topological polar surface area (TPSA) is 133 Å². The minimum absolute atomic E-state index is 0.146. The Morgan fingerprint density at radius 1 is 1.22 bits per heavy atom. The smallest absolute Gasteiger partial charge is 0.278 e. The number of carbonyl (C=O) groups is 1. The average molecular weight is 491 g/mol. The van der Waals surface area contributed by atoms with Gasteiger partial charge in [0.15, 0.2) is 20.9 Å². The van der Waals surface area contributed by atoms with Crippen LogP contribution in [0.25, 0.3) is 0 Å². The standard InChI is InChI=1S/C20H31FN4O5S2/c1-19-11-24(16-5-3-15(4-6-16)23-8-9-31(27)28)12-20(19,2)14-25(13-19)18(26)17(21)32(29,30)10-7-22/h3-6,17,23H,7-14,22H2,1-2H3,(H,27,28)/t17?,19-,20+. The Labute approximate surface area is 190 Å². The third-order valence-corrected chi connectivity index (χ3v) is 8.87. The lowest BCUT2D eigenvalue weighted by Gasteiger charge is -2.29. The van der Waals surface area contributed by atoms with Crippen LogP contribution in [-0.4, -0.2) is 84.3 Å². The summed E-state index contributed by atoms with van der Waals surface area (Å²) in [4.78, 5) is 16.1. The third-order valence-electron chi connectivity index (χ3n) is 6.68. The van der Waals surface area contributed by atoms with Gasteiger partial charge in [-0.3, -0.25) is 4.79 Å². The molecule has 4 N–H and O–H groups in total. The number of rotatable bonds is 9. The Kier molecular flexibility index (Phi) is 7.18. The summed E-state index contributed by atoms with van der Waals surface area (Å²) < 4.78 is 58.0. The second kappa shape index (κ2) is 9.24. The number of hydrogen-bond donors (Lipinski definition) is 3. The lowest BCUT2D eigenvalue weighted by atomic mass is 9.71. The molecule has 2 saturated heterocycles. The highest BCUT2D eigenvalue weighted by Crippen LogP contribution is 2.52. The van der Waals surface area contributed by atoms with Crippen LogP contribution in [0.3, 0.4) is 0 Å². The van der Waals surface area contributed by atoms with Crippen molar-refractivity contribution in [2.75, 3.05) is 61.0 Å². The van der Waals surface area contributed by atoms with Crippen LogP contribution >= 0.6 is 0 Å². The summed E-state index contributed by atoms with van der Waals surface area (Å²) in [5.74, 6) is -1.41. The summed E-state index contributed by atoms with van der Waals surface area (Å²) >= 11 is -1.83. The molecule has 1 amide bonds. The Hall–Kier alpha value is -1.76.